The summed E-state index contributed by atoms with van der Waals surface area (Å²) in [5.74, 6) is 0.362. The SMILES string of the molecule is CCC(C)C(N)c1ncc(Cl)cc1Cl. The van der Waals surface area contributed by atoms with Crippen molar-refractivity contribution >= 4 is 23.2 Å². The van der Waals surface area contributed by atoms with E-state index in [0.717, 1.165) is 12.1 Å². The van der Waals surface area contributed by atoms with E-state index in [2.05, 4.69) is 18.8 Å². The average molecular weight is 233 g/mol. The molecule has 2 nitrogen and oxygen atoms in total. The highest BCUT2D eigenvalue weighted by Gasteiger charge is 2.17. The Hall–Kier alpha value is -0.310. The predicted octanol–water partition coefficient (Wildman–Crippen LogP) is 3.43. The summed E-state index contributed by atoms with van der Waals surface area (Å²) in [7, 11) is 0. The second-order valence-corrected chi connectivity index (χ2v) is 4.28. The van der Waals surface area contributed by atoms with Crippen molar-refractivity contribution < 1.29 is 0 Å². The fraction of sp³-hybridized carbons (Fsp3) is 0.500. The summed E-state index contributed by atoms with van der Waals surface area (Å²) < 4.78 is 0. The number of pyridine rings is 1. The maximum atomic E-state index is 6.01. The number of hydrogen-bond acceptors (Lipinski definition) is 2. The summed E-state index contributed by atoms with van der Waals surface area (Å²) in [6.07, 6.45) is 2.58. The number of nitrogens with zero attached hydrogens (tertiary/aromatic N) is 1. The smallest absolute Gasteiger partial charge is 0.0760 e. The van der Waals surface area contributed by atoms with Crippen LogP contribution in [0.3, 0.4) is 0 Å². The molecule has 2 atom stereocenters. The van der Waals surface area contributed by atoms with Gasteiger partial charge in [0.05, 0.1) is 21.8 Å². The van der Waals surface area contributed by atoms with Crippen molar-refractivity contribution in [1.82, 2.24) is 4.98 Å². The lowest BCUT2D eigenvalue weighted by Gasteiger charge is -2.18. The first-order valence-corrected chi connectivity index (χ1v) is 5.38. The topological polar surface area (TPSA) is 38.9 Å². The van der Waals surface area contributed by atoms with Gasteiger partial charge in [-0.05, 0) is 12.0 Å². The molecule has 0 amide bonds. The van der Waals surface area contributed by atoms with Crippen LogP contribution in [0.15, 0.2) is 12.3 Å². The van der Waals surface area contributed by atoms with E-state index in [1.165, 1.54) is 0 Å². The maximum Gasteiger partial charge on any atom is 0.0760 e. The van der Waals surface area contributed by atoms with Crippen molar-refractivity contribution in [3.63, 3.8) is 0 Å². The summed E-state index contributed by atoms with van der Waals surface area (Å²) >= 11 is 11.7. The monoisotopic (exact) mass is 232 g/mol. The number of aromatic nitrogens is 1. The Kier molecular flexibility index (Phi) is 4.17. The van der Waals surface area contributed by atoms with Gasteiger partial charge in [0.15, 0.2) is 0 Å². The Labute approximate surface area is 94.4 Å². The molecule has 1 rings (SSSR count). The molecule has 1 heterocycles. The van der Waals surface area contributed by atoms with Crippen molar-refractivity contribution in [2.24, 2.45) is 11.7 Å². The highest BCUT2D eigenvalue weighted by Crippen LogP contribution is 2.27. The van der Waals surface area contributed by atoms with E-state index in [4.69, 9.17) is 28.9 Å². The van der Waals surface area contributed by atoms with Crippen LogP contribution in [-0.2, 0) is 0 Å². The van der Waals surface area contributed by atoms with E-state index < -0.39 is 0 Å². The minimum absolute atomic E-state index is 0.121. The summed E-state index contributed by atoms with van der Waals surface area (Å²) in [5, 5.41) is 1.08. The van der Waals surface area contributed by atoms with Crippen LogP contribution in [0.5, 0.6) is 0 Å². The molecule has 0 aliphatic heterocycles. The van der Waals surface area contributed by atoms with Crippen LogP contribution < -0.4 is 5.73 Å². The van der Waals surface area contributed by atoms with Crippen LogP contribution in [0, 0.1) is 5.92 Å². The molecule has 0 aliphatic carbocycles. The zero-order valence-corrected chi connectivity index (χ0v) is 9.81. The lowest BCUT2D eigenvalue weighted by molar-refractivity contribution is 0.448. The molecule has 1 aromatic heterocycles. The third-order valence-electron chi connectivity index (χ3n) is 2.41. The van der Waals surface area contributed by atoms with Crippen LogP contribution in [0.2, 0.25) is 10.0 Å². The Balaban J connectivity index is 2.95. The summed E-state index contributed by atoms with van der Waals surface area (Å²) in [4.78, 5) is 4.16. The summed E-state index contributed by atoms with van der Waals surface area (Å²) in [6.45, 7) is 4.17. The van der Waals surface area contributed by atoms with Gasteiger partial charge in [0.1, 0.15) is 0 Å². The van der Waals surface area contributed by atoms with E-state index in [-0.39, 0.29) is 6.04 Å². The molecule has 0 saturated carbocycles. The lowest BCUT2D eigenvalue weighted by atomic mass is 9.97. The number of hydrogen-bond donors (Lipinski definition) is 1. The normalized spacial score (nSPS) is 15.2. The third-order valence-corrected chi connectivity index (χ3v) is 2.92. The van der Waals surface area contributed by atoms with E-state index >= 15 is 0 Å². The minimum atomic E-state index is -0.121. The Morgan fingerprint density at radius 3 is 2.64 bits per heavy atom. The van der Waals surface area contributed by atoms with Gasteiger partial charge in [-0.2, -0.15) is 0 Å². The first-order valence-electron chi connectivity index (χ1n) is 4.62. The van der Waals surface area contributed by atoms with Crippen molar-refractivity contribution in [2.45, 2.75) is 26.3 Å². The van der Waals surface area contributed by atoms with Gasteiger partial charge in [-0.25, -0.2) is 0 Å². The fourth-order valence-corrected chi connectivity index (χ4v) is 1.70. The van der Waals surface area contributed by atoms with Gasteiger partial charge in [-0.15, -0.1) is 0 Å². The van der Waals surface area contributed by atoms with Crippen LogP contribution >= 0.6 is 23.2 Å². The second kappa shape index (κ2) is 4.96. The van der Waals surface area contributed by atoms with Crippen molar-refractivity contribution in [3.05, 3.63) is 28.0 Å². The average Bonchev–Trinajstić information content (AvgIpc) is 2.15. The molecule has 78 valence electrons. The molecule has 0 aromatic carbocycles. The van der Waals surface area contributed by atoms with Crippen molar-refractivity contribution in [1.29, 1.82) is 0 Å². The lowest BCUT2D eigenvalue weighted by Crippen LogP contribution is -2.20. The zero-order chi connectivity index (χ0) is 10.7. The summed E-state index contributed by atoms with van der Waals surface area (Å²) in [5.41, 5.74) is 6.74. The molecule has 0 saturated heterocycles. The first-order chi connectivity index (χ1) is 6.56. The van der Waals surface area contributed by atoms with Crippen LogP contribution in [0.4, 0.5) is 0 Å². The molecule has 0 fully saturated rings. The highest BCUT2D eigenvalue weighted by atomic mass is 35.5. The van der Waals surface area contributed by atoms with E-state index in [1.807, 2.05) is 0 Å². The van der Waals surface area contributed by atoms with Crippen molar-refractivity contribution in [3.8, 4) is 0 Å². The molecule has 0 aliphatic rings. The second-order valence-electron chi connectivity index (χ2n) is 3.43. The minimum Gasteiger partial charge on any atom is -0.322 e. The quantitative estimate of drug-likeness (QED) is 0.868. The molecule has 2 unspecified atom stereocenters. The Bertz CT molecular complexity index is 315. The van der Waals surface area contributed by atoms with Gasteiger partial charge in [0.2, 0.25) is 0 Å². The van der Waals surface area contributed by atoms with Gasteiger partial charge >= 0.3 is 0 Å². The number of rotatable bonds is 3. The first kappa shape index (κ1) is 11.8. The van der Waals surface area contributed by atoms with Gasteiger partial charge < -0.3 is 5.73 Å². The van der Waals surface area contributed by atoms with Crippen LogP contribution in [0.25, 0.3) is 0 Å². The summed E-state index contributed by atoms with van der Waals surface area (Å²) in [6, 6.07) is 1.55. The largest absolute Gasteiger partial charge is 0.322 e. The Morgan fingerprint density at radius 2 is 2.14 bits per heavy atom. The van der Waals surface area contributed by atoms with Gasteiger partial charge in [0, 0.05) is 6.20 Å². The van der Waals surface area contributed by atoms with Crippen LogP contribution in [-0.4, -0.2) is 4.98 Å². The molecule has 2 N–H and O–H groups in total. The maximum absolute atomic E-state index is 6.01. The van der Waals surface area contributed by atoms with E-state index in [1.54, 1.807) is 12.3 Å². The van der Waals surface area contributed by atoms with Gasteiger partial charge in [0.25, 0.3) is 0 Å². The van der Waals surface area contributed by atoms with Crippen LogP contribution in [0.1, 0.15) is 32.0 Å². The molecular formula is C10H14Cl2N2. The Morgan fingerprint density at radius 1 is 1.50 bits per heavy atom. The predicted molar refractivity (Wildman–Crippen MR) is 60.6 cm³/mol. The third kappa shape index (κ3) is 2.59. The molecule has 0 spiro atoms. The fourth-order valence-electron chi connectivity index (χ4n) is 1.19. The molecule has 1 aromatic rings. The number of halogens is 2. The van der Waals surface area contributed by atoms with E-state index in [9.17, 15) is 0 Å². The van der Waals surface area contributed by atoms with Crippen molar-refractivity contribution in [2.75, 3.05) is 0 Å². The van der Waals surface area contributed by atoms with E-state index in [0.29, 0.717) is 16.0 Å². The number of nitrogens with two attached hydrogens (primary N) is 1. The molecular weight excluding hydrogens is 219 g/mol. The molecule has 4 heteroatoms. The van der Waals surface area contributed by atoms with Gasteiger partial charge in [-0.3, -0.25) is 4.98 Å². The zero-order valence-electron chi connectivity index (χ0n) is 8.30. The highest BCUT2D eigenvalue weighted by molar-refractivity contribution is 6.34. The standard InChI is InChI=1S/C10H14Cl2N2/c1-3-6(2)9(13)10-8(12)4-7(11)5-14-10/h4-6,9H,3,13H2,1-2H3. The molecule has 14 heavy (non-hydrogen) atoms. The molecule has 0 bridgehead atoms. The molecule has 0 radical (unpaired) electrons. The van der Waals surface area contributed by atoms with Gasteiger partial charge in [-0.1, -0.05) is 43.5 Å².